The molecule has 0 aromatic carbocycles. The first-order chi connectivity index (χ1) is 9.60. The largest absolute Gasteiger partial charge is 0.319 e. The maximum absolute atomic E-state index is 12.1. The van der Waals surface area contributed by atoms with Gasteiger partial charge in [-0.1, -0.05) is 25.2 Å². The van der Waals surface area contributed by atoms with Crippen LogP contribution >= 0.6 is 0 Å². The molecule has 3 rings (SSSR count). The first-order valence-electron chi connectivity index (χ1n) is 8.18. The summed E-state index contributed by atoms with van der Waals surface area (Å²) in [5, 5.41) is 0. The quantitative estimate of drug-likeness (QED) is 0.693. The number of hydrogen-bond acceptors (Lipinski definition) is 1. The lowest BCUT2D eigenvalue weighted by Gasteiger charge is -2.28. The van der Waals surface area contributed by atoms with Gasteiger partial charge in [0.1, 0.15) is 0 Å². The topological polar surface area (TPSA) is 20.3 Å². The molecule has 4 unspecified atom stereocenters. The van der Waals surface area contributed by atoms with Crippen molar-refractivity contribution >= 4 is 5.91 Å². The third-order valence-corrected chi connectivity index (χ3v) is 5.50. The summed E-state index contributed by atoms with van der Waals surface area (Å²) in [6.45, 7) is 9.40. The van der Waals surface area contributed by atoms with E-state index < -0.39 is 0 Å². The Hall–Kier alpha value is -1.05. The standard InChI is InChI=1S/C18H27NO/c1-4-19(18(20)14-6-7-14)11-15-10-17(15)16-8-5-12(2)9-13(16)3/h4-5,13-17H,1,6-11H2,2-3H3. The summed E-state index contributed by atoms with van der Waals surface area (Å²) in [5.74, 6) is 3.83. The average molecular weight is 273 g/mol. The van der Waals surface area contributed by atoms with Crippen LogP contribution in [0.3, 0.4) is 0 Å². The third-order valence-electron chi connectivity index (χ3n) is 5.50. The molecule has 0 aliphatic heterocycles. The Labute approximate surface area is 122 Å². The fourth-order valence-electron chi connectivity index (χ4n) is 3.99. The summed E-state index contributed by atoms with van der Waals surface area (Å²) in [4.78, 5) is 14.0. The van der Waals surface area contributed by atoms with E-state index in [1.54, 1.807) is 11.8 Å². The predicted octanol–water partition coefficient (Wildman–Crippen LogP) is 4.00. The summed E-state index contributed by atoms with van der Waals surface area (Å²) >= 11 is 0. The normalized spacial score (nSPS) is 36.2. The Morgan fingerprint density at radius 1 is 1.45 bits per heavy atom. The fourth-order valence-corrected chi connectivity index (χ4v) is 3.99. The summed E-state index contributed by atoms with van der Waals surface area (Å²) in [6.07, 6.45) is 10.2. The molecular weight excluding hydrogens is 246 g/mol. The molecule has 0 spiro atoms. The van der Waals surface area contributed by atoms with Gasteiger partial charge in [0.2, 0.25) is 5.91 Å². The maximum atomic E-state index is 12.1. The number of carbonyl (C=O) groups is 1. The first kappa shape index (κ1) is 13.9. The molecule has 2 nitrogen and oxygen atoms in total. The van der Waals surface area contributed by atoms with E-state index >= 15 is 0 Å². The van der Waals surface area contributed by atoms with Crippen LogP contribution in [0.25, 0.3) is 0 Å². The van der Waals surface area contributed by atoms with Gasteiger partial charge in [-0.25, -0.2) is 0 Å². The molecule has 0 N–H and O–H groups in total. The van der Waals surface area contributed by atoms with Crippen LogP contribution in [0.5, 0.6) is 0 Å². The molecule has 0 heterocycles. The van der Waals surface area contributed by atoms with Crippen molar-refractivity contribution in [3.63, 3.8) is 0 Å². The Balaban J connectivity index is 1.53. The average Bonchev–Trinajstić information content (AvgIpc) is 3.29. The highest BCUT2D eigenvalue weighted by atomic mass is 16.2. The second kappa shape index (κ2) is 5.38. The van der Waals surface area contributed by atoms with E-state index in [1.165, 1.54) is 19.3 Å². The van der Waals surface area contributed by atoms with Gasteiger partial charge in [-0.05, 0) is 68.9 Å². The highest BCUT2D eigenvalue weighted by Crippen LogP contribution is 2.51. The van der Waals surface area contributed by atoms with Crippen molar-refractivity contribution in [3.8, 4) is 0 Å². The van der Waals surface area contributed by atoms with Gasteiger partial charge in [-0.2, -0.15) is 0 Å². The van der Waals surface area contributed by atoms with Gasteiger partial charge in [0.15, 0.2) is 0 Å². The summed E-state index contributed by atoms with van der Waals surface area (Å²) in [7, 11) is 0. The maximum Gasteiger partial charge on any atom is 0.229 e. The molecule has 2 heteroatoms. The lowest BCUT2D eigenvalue weighted by molar-refractivity contribution is -0.130. The van der Waals surface area contributed by atoms with E-state index in [4.69, 9.17) is 0 Å². The van der Waals surface area contributed by atoms with Gasteiger partial charge in [-0.3, -0.25) is 4.79 Å². The van der Waals surface area contributed by atoms with Gasteiger partial charge >= 0.3 is 0 Å². The van der Waals surface area contributed by atoms with Crippen molar-refractivity contribution in [2.24, 2.45) is 29.6 Å². The minimum Gasteiger partial charge on any atom is -0.319 e. The summed E-state index contributed by atoms with van der Waals surface area (Å²) in [5.41, 5.74) is 1.56. The number of hydrogen-bond donors (Lipinski definition) is 0. The number of carbonyl (C=O) groups excluding carboxylic acids is 1. The van der Waals surface area contributed by atoms with Crippen molar-refractivity contribution in [2.75, 3.05) is 6.54 Å². The fraction of sp³-hybridized carbons (Fsp3) is 0.722. The van der Waals surface area contributed by atoms with E-state index in [1.807, 2.05) is 4.90 Å². The van der Waals surface area contributed by atoms with Crippen molar-refractivity contribution in [1.29, 1.82) is 0 Å². The molecule has 3 aliphatic carbocycles. The summed E-state index contributed by atoms with van der Waals surface area (Å²) in [6, 6.07) is 0. The molecule has 0 saturated heterocycles. The second-order valence-electron chi connectivity index (χ2n) is 7.24. The van der Waals surface area contributed by atoms with Gasteiger partial charge < -0.3 is 4.90 Å². The van der Waals surface area contributed by atoms with Crippen molar-refractivity contribution in [3.05, 3.63) is 24.4 Å². The Morgan fingerprint density at radius 2 is 2.20 bits per heavy atom. The molecular formula is C18H27NO. The smallest absolute Gasteiger partial charge is 0.229 e. The zero-order valence-electron chi connectivity index (χ0n) is 12.8. The van der Waals surface area contributed by atoms with Crippen LogP contribution in [0.1, 0.15) is 46.0 Å². The van der Waals surface area contributed by atoms with Gasteiger partial charge in [0.25, 0.3) is 0 Å². The molecule has 110 valence electrons. The van der Waals surface area contributed by atoms with Crippen LogP contribution in [0.2, 0.25) is 0 Å². The molecule has 0 aromatic heterocycles. The highest BCUT2D eigenvalue weighted by molar-refractivity contribution is 5.81. The van der Waals surface area contributed by atoms with E-state index in [-0.39, 0.29) is 0 Å². The van der Waals surface area contributed by atoms with Crippen LogP contribution in [0.4, 0.5) is 0 Å². The van der Waals surface area contributed by atoms with E-state index in [0.717, 1.165) is 43.1 Å². The number of allylic oxidation sites excluding steroid dienone is 2. The van der Waals surface area contributed by atoms with Crippen LogP contribution < -0.4 is 0 Å². The Kier molecular flexibility index (Phi) is 3.74. The number of amides is 1. The minimum absolute atomic E-state index is 0.310. The van der Waals surface area contributed by atoms with Crippen LogP contribution in [0, 0.1) is 29.6 Å². The van der Waals surface area contributed by atoms with Crippen molar-refractivity contribution < 1.29 is 4.79 Å². The number of nitrogens with zero attached hydrogens (tertiary/aromatic N) is 1. The van der Waals surface area contributed by atoms with Crippen molar-refractivity contribution in [1.82, 2.24) is 4.90 Å². The Morgan fingerprint density at radius 3 is 2.80 bits per heavy atom. The highest BCUT2D eigenvalue weighted by Gasteiger charge is 2.46. The van der Waals surface area contributed by atoms with Crippen LogP contribution in [0.15, 0.2) is 24.4 Å². The molecule has 2 saturated carbocycles. The van der Waals surface area contributed by atoms with Gasteiger partial charge in [0.05, 0.1) is 0 Å². The van der Waals surface area contributed by atoms with Crippen LogP contribution in [-0.2, 0) is 4.79 Å². The summed E-state index contributed by atoms with van der Waals surface area (Å²) < 4.78 is 0. The zero-order valence-corrected chi connectivity index (χ0v) is 12.8. The van der Waals surface area contributed by atoms with Gasteiger partial charge in [-0.15, -0.1) is 0 Å². The molecule has 2 fully saturated rings. The SMILES string of the molecule is C=CN(CC1CC1C1CC=C(C)CC1C)C(=O)C1CC1. The lowest BCUT2D eigenvalue weighted by Crippen LogP contribution is -2.30. The molecule has 0 bridgehead atoms. The molecule has 0 radical (unpaired) electrons. The van der Waals surface area contributed by atoms with Crippen LogP contribution in [-0.4, -0.2) is 17.4 Å². The minimum atomic E-state index is 0.310. The number of rotatable bonds is 5. The molecule has 1 amide bonds. The predicted molar refractivity (Wildman–Crippen MR) is 81.9 cm³/mol. The second-order valence-corrected chi connectivity index (χ2v) is 7.24. The van der Waals surface area contributed by atoms with Gasteiger partial charge in [0, 0.05) is 12.5 Å². The van der Waals surface area contributed by atoms with E-state index in [9.17, 15) is 4.79 Å². The Bertz CT molecular complexity index is 435. The lowest BCUT2D eigenvalue weighted by atomic mass is 9.78. The molecule has 3 aliphatic rings. The van der Waals surface area contributed by atoms with Crippen molar-refractivity contribution in [2.45, 2.75) is 46.0 Å². The molecule has 4 atom stereocenters. The first-order valence-corrected chi connectivity index (χ1v) is 8.18. The van der Waals surface area contributed by atoms with E-state index in [2.05, 4.69) is 26.5 Å². The molecule has 0 aromatic rings. The van der Waals surface area contributed by atoms with E-state index in [0.29, 0.717) is 11.8 Å². The molecule has 20 heavy (non-hydrogen) atoms. The monoisotopic (exact) mass is 273 g/mol. The third kappa shape index (κ3) is 2.84. The zero-order chi connectivity index (χ0) is 14.3.